The summed E-state index contributed by atoms with van der Waals surface area (Å²) in [4.78, 5) is 17.0. The fourth-order valence-electron chi connectivity index (χ4n) is 2.79. The van der Waals surface area contributed by atoms with E-state index in [-0.39, 0.29) is 11.9 Å². The summed E-state index contributed by atoms with van der Waals surface area (Å²) in [5.74, 6) is 1.13. The lowest BCUT2D eigenvalue weighted by Gasteiger charge is -2.18. The number of aryl methyl sites for hydroxylation is 1. The molecule has 23 heavy (non-hydrogen) atoms. The molecule has 2 heterocycles. The first-order chi connectivity index (χ1) is 11.3. The Hall–Kier alpha value is -2.77. The number of benzene rings is 1. The monoisotopic (exact) mass is 311 g/mol. The average molecular weight is 311 g/mol. The highest BCUT2D eigenvalue weighted by Crippen LogP contribution is 2.40. The highest BCUT2D eigenvalue weighted by atomic mass is 16.1. The number of rotatable bonds is 5. The Morgan fingerprint density at radius 3 is 3.00 bits per heavy atom. The number of nitrogens with one attached hydrogen (secondary N) is 2. The largest absolute Gasteiger partial charge is 0.342 e. The van der Waals surface area contributed by atoms with Gasteiger partial charge in [0.1, 0.15) is 23.2 Å². The van der Waals surface area contributed by atoms with Crippen molar-refractivity contribution in [1.29, 1.82) is 0 Å². The van der Waals surface area contributed by atoms with E-state index in [9.17, 15) is 4.79 Å². The van der Waals surface area contributed by atoms with Crippen LogP contribution in [0.2, 0.25) is 0 Å². The fraction of sp³-hybridized carbons (Fsp3) is 0.400. The summed E-state index contributed by atoms with van der Waals surface area (Å²) in [5.41, 5.74) is 1.99. The van der Waals surface area contributed by atoms with Crippen LogP contribution in [0.3, 0.4) is 0 Å². The van der Waals surface area contributed by atoms with E-state index in [1.165, 1.54) is 0 Å². The topological polar surface area (TPSA) is 101 Å². The number of hydrogen-bond donors (Lipinski definition) is 2. The SMILES string of the molecule is CCn1ncnc1[C@@H](NC(=O)c1ccc2n[nH]nc2c1)C1CC1. The second kappa shape index (κ2) is 5.45. The van der Waals surface area contributed by atoms with Gasteiger partial charge in [-0.15, -0.1) is 0 Å². The van der Waals surface area contributed by atoms with Crippen LogP contribution < -0.4 is 5.32 Å². The summed E-state index contributed by atoms with van der Waals surface area (Å²) in [6.07, 6.45) is 3.75. The molecule has 1 aromatic carbocycles. The van der Waals surface area contributed by atoms with Crippen LogP contribution in [0.4, 0.5) is 0 Å². The molecule has 0 spiro atoms. The Morgan fingerprint density at radius 2 is 2.22 bits per heavy atom. The van der Waals surface area contributed by atoms with Crippen molar-refractivity contribution < 1.29 is 4.79 Å². The maximum atomic E-state index is 12.6. The summed E-state index contributed by atoms with van der Waals surface area (Å²) < 4.78 is 1.84. The van der Waals surface area contributed by atoms with E-state index in [2.05, 4.69) is 30.8 Å². The van der Waals surface area contributed by atoms with Crippen LogP contribution in [0.15, 0.2) is 24.5 Å². The number of H-pyrrole nitrogens is 1. The van der Waals surface area contributed by atoms with Crippen molar-refractivity contribution in [1.82, 2.24) is 35.5 Å². The molecule has 3 aromatic rings. The molecule has 4 rings (SSSR count). The van der Waals surface area contributed by atoms with Crippen molar-refractivity contribution in [3.8, 4) is 0 Å². The van der Waals surface area contributed by atoms with Gasteiger partial charge in [-0.25, -0.2) is 9.67 Å². The molecule has 0 aliphatic heterocycles. The van der Waals surface area contributed by atoms with Gasteiger partial charge >= 0.3 is 0 Å². The molecule has 2 aromatic heterocycles. The molecular weight excluding hydrogens is 294 g/mol. The molecule has 8 heteroatoms. The predicted octanol–water partition coefficient (Wildman–Crippen LogP) is 1.45. The van der Waals surface area contributed by atoms with Crippen molar-refractivity contribution >= 4 is 16.9 Å². The third-order valence-electron chi connectivity index (χ3n) is 4.18. The van der Waals surface area contributed by atoms with Gasteiger partial charge in [-0.05, 0) is 43.9 Å². The van der Waals surface area contributed by atoms with Gasteiger partial charge in [-0.2, -0.15) is 20.5 Å². The van der Waals surface area contributed by atoms with Gasteiger partial charge in [-0.1, -0.05) is 0 Å². The Bertz CT molecular complexity index is 848. The van der Waals surface area contributed by atoms with Crippen molar-refractivity contribution in [3.05, 3.63) is 35.9 Å². The van der Waals surface area contributed by atoms with Crippen LogP contribution in [0.25, 0.3) is 11.0 Å². The number of nitrogens with zero attached hydrogens (tertiary/aromatic N) is 5. The van der Waals surface area contributed by atoms with Gasteiger partial charge in [0.25, 0.3) is 5.91 Å². The van der Waals surface area contributed by atoms with Crippen molar-refractivity contribution in [2.24, 2.45) is 5.92 Å². The minimum atomic E-state index is -0.127. The predicted molar refractivity (Wildman–Crippen MR) is 82.5 cm³/mol. The van der Waals surface area contributed by atoms with Crippen LogP contribution >= 0.6 is 0 Å². The van der Waals surface area contributed by atoms with Crippen LogP contribution in [-0.4, -0.2) is 36.1 Å². The van der Waals surface area contributed by atoms with Gasteiger partial charge in [-0.3, -0.25) is 4.79 Å². The Kier molecular flexibility index (Phi) is 3.29. The lowest BCUT2D eigenvalue weighted by atomic mass is 10.1. The van der Waals surface area contributed by atoms with Crippen LogP contribution in [0, 0.1) is 5.92 Å². The lowest BCUT2D eigenvalue weighted by Crippen LogP contribution is -2.32. The molecule has 0 unspecified atom stereocenters. The second-order valence-corrected chi connectivity index (χ2v) is 5.75. The Labute approximate surface area is 132 Å². The summed E-state index contributed by atoms with van der Waals surface area (Å²) in [5, 5.41) is 17.9. The minimum Gasteiger partial charge on any atom is -0.342 e. The third-order valence-corrected chi connectivity index (χ3v) is 4.18. The molecule has 0 saturated heterocycles. The highest BCUT2D eigenvalue weighted by Gasteiger charge is 2.36. The van der Waals surface area contributed by atoms with E-state index in [0.717, 1.165) is 30.7 Å². The average Bonchev–Trinajstić information content (AvgIpc) is 3.12. The molecule has 1 saturated carbocycles. The number of carbonyl (C=O) groups excluding carboxylic acids is 1. The normalized spacial score (nSPS) is 15.7. The first-order valence-electron chi connectivity index (χ1n) is 7.75. The molecule has 118 valence electrons. The summed E-state index contributed by atoms with van der Waals surface area (Å²) in [6, 6.07) is 5.18. The lowest BCUT2D eigenvalue weighted by molar-refractivity contribution is 0.0928. The first kappa shape index (κ1) is 13.9. The Balaban J connectivity index is 1.60. The van der Waals surface area contributed by atoms with E-state index in [1.54, 1.807) is 24.5 Å². The van der Waals surface area contributed by atoms with Gasteiger partial charge in [0.05, 0.1) is 6.04 Å². The molecular formula is C15H17N7O. The summed E-state index contributed by atoms with van der Waals surface area (Å²) in [7, 11) is 0. The summed E-state index contributed by atoms with van der Waals surface area (Å²) >= 11 is 0. The second-order valence-electron chi connectivity index (χ2n) is 5.75. The van der Waals surface area contributed by atoms with Gasteiger partial charge < -0.3 is 5.32 Å². The maximum absolute atomic E-state index is 12.6. The quantitative estimate of drug-likeness (QED) is 0.742. The molecule has 1 fully saturated rings. The molecule has 0 bridgehead atoms. The Morgan fingerprint density at radius 1 is 1.39 bits per heavy atom. The van der Waals surface area contributed by atoms with Crippen molar-refractivity contribution in [2.45, 2.75) is 32.4 Å². The molecule has 8 nitrogen and oxygen atoms in total. The van der Waals surface area contributed by atoms with E-state index in [4.69, 9.17) is 0 Å². The van der Waals surface area contributed by atoms with E-state index in [1.807, 2.05) is 11.6 Å². The van der Waals surface area contributed by atoms with Crippen LogP contribution in [-0.2, 0) is 6.54 Å². The van der Waals surface area contributed by atoms with Crippen molar-refractivity contribution in [3.63, 3.8) is 0 Å². The van der Waals surface area contributed by atoms with E-state index >= 15 is 0 Å². The smallest absolute Gasteiger partial charge is 0.251 e. The minimum absolute atomic E-state index is 0.0991. The molecule has 2 N–H and O–H groups in total. The standard InChI is InChI=1S/C15H17N7O/c1-2-22-14(16-8-17-22)13(9-3-4-9)18-15(23)10-5-6-11-12(7-10)20-21-19-11/h5-9,13H,2-4H2,1H3,(H,18,23)(H,19,20,21)/t13-/m0/s1. The first-order valence-corrected chi connectivity index (χ1v) is 7.75. The molecule has 0 radical (unpaired) electrons. The number of carbonyl (C=O) groups is 1. The highest BCUT2D eigenvalue weighted by molar-refractivity contribution is 5.97. The van der Waals surface area contributed by atoms with E-state index < -0.39 is 0 Å². The van der Waals surface area contributed by atoms with E-state index in [0.29, 0.717) is 17.0 Å². The van der Waals surface area contributed by atoms with Crippen LogP contribution in [0.5, 0.6) is 0 Å². The number of hydrogen-bond acceptors (Lipinski definition) is 5. The van der Waals surface area contributed by atoms with Gasteiger partial charge in [0.2, 0.25) is 0 Å². The third kappa shape index (κ3) is 2.56. The zero-order valence-electron chi connectivity index (χ0n) is 12.7. The molecule has 1 atom stereocenters. The van der Waals surface area contributed by atoms with Crippen LogP contribution in [0.1, 0.15) is 42.0 Å². The van der Waals surface area contributed by atoms with Gasteiger partial charge in [0.15, 0.2) is 0 Å². The fourth-order valence-corrected chi connectivity index (χ4v) is 2.79. The number of aromatic nitrogens is 6. The molecule has 1 aliphatic carbocycles. The summed E-state index contributed by atoms with van der Waals surface area (Å²) in [6.45, 7) is 2.75. The maximum Gasteiger partial charge on any atom is 0.251 e. The zero-order chi connectivity index (χ0) is 15.8. The number of amides is 1. The molecule has 1 aliphatic rings. The van der Waals surface area contributed by atoms with Gasteiger partial charge in [0, 0.05) is 12.1 Å². The van der Waals surface area contributed by atoms with Crippen molar-refractivity contribution in [2.75, 3.05) is 0 Å². The molecule has 1 amide bonds. The zero-order valence-corrected chi connectivity index (χ0v) is 12.7. The number of aromatic amines is 1. The number of fused-ring (bicyclic) bond motifs is 1.